The molecule has 26 heavy (non-hydrogen) atoms. The normalized spacial score (nSPS) is 14.5. The van der Waals surface area contributed by atoms with Crippen molar-refractivity contribution >= 4 is 34.2 Å². The highest BCUT2D eigenvalue weighted by Gasteiger charge is 2.30. The van der Waals surface area contributed by atoms with E-state index in [0.29, 0.717) is 18.9 Å². The monoisotopic (exact) mass is 446 g/mol. The molecule has 0 aliphatic heterocycles. The average Bonchev–Trinajstić information content (AvgIpc) is 2.53. The molecule has 2 nitrogen and oxygen atoms in total. The zero-order valence-electron chi connectivity index (χ0n) is 13.0. The lowest BCUT2D eigenvalue weighted by Gasteiger charge is -2.12. The fourth-order valence-corrected chi connectivity index (χ4v) is 3.60. The Kier molecular flexibility index (Phi) is 9.53. The topological polar surface area (TPSA) is 26.3 Å². The molecule has 0 aromatic heterocycles. The Hall–Kier alpha value is -0.680. The van der Waals surface area contributed by atoms with Gasteiger partial charge in [0.25, 0.3) is 6.43 Å². The number of unbranched alkanes of at least 4 members (excludes halogenated alkanes) is 2. The van der Waals surface area contributed by atoms with Crippen molar-refractivity contribution in [3.05, 3.63) is 23.0 Å². The molecule has 0 saturated heterocycles. The Labute approximate surface area is 156 Å². The third-order valence-corrected chi connectivity index (χ3v) is 5.55. The number of rotatable bonds is 10. The fourth-order valence-electron chi connectivity index (χ4n) is 1.74. The first-order valence-electron chi connectivity index (χ1n) is 7.18. The molecular formula is C14H14ClF7O2S2. The predicted molar refractivity (Wildman–Crippen MR) is 86.6 cm³/mol. The van der Waals surface area contributed by atoms with Crippen LogP contribution in [0.2, 0.25) is 5.02 Å². The van der Waals surface area contributed by atoms with Crippen LogP contribution in [0, 0.1) is 5.82 Å². The lowest BCUT2D eigenvalue weighted by molar-refractivity contribution is -0.0328. The van der Waals surface area contributed by atoms with E-state index in [0.717, 1.165) is 6.07 Å². The lowest BCUT2D eigenvalue weighted by atomic mass is 10.2. The Morgan fingerprint density at radius 1 is 1.15 bits per heavy atom. The molecule has 0 bridgehead atoms. The first-order valence-corrected chi connectivity index (χ1v) is 9.76. The number of benzene rings is 1. The summed E-state index contributed by atoms with van der Waals surface area (Å²) < 4.78 is 104. The van der Waals surface area contributed by atoms with Gasteiger partial charge in [0.1, 0.15) is 0 Å². The zero-order valence-corrected chi connectivity index (χ0v) is 15.4. The van der Waals surface area contributed by atoms with E-state index in [-0.39, 0.29) is 30.5 Å². The predicted octanol–water partition coefficient (Wildman–Crippen LogP) is 5.95. The van der Waals surface area contributed by atoms with Gasteiger partial charge in [0, 0.05) is 11.8 Å². The smallest absolute Gasteiger partial charge is 0.441 e. The van der Waals surface area contributed by atoms with Gasteiger partial charge >= 0.3 is 5.51 Å². The van der Waals surface area contributed by atoms with Crippen molar-refractivity contribution in [3.63, 3.8) is 0 Å². The molecule has 0 spiro atoms. The van der Waals surface area contributed by atoms with Gasteiger partial charge in [-0.25, -0.2) is 17.6 Å². The minimum absolute atomic E-state index is 0.0742. The van der Waals surface area contributed by atoms with Crippen molar-refractivity contribution in [2.75, 3.05) is 12.4 Å². The van der Waals surface area contributed by atoms with Crippen LogP contribution in [0.1, 0.15) is 19.3 Å². The molecule has 2 atom stereocenters. The summed E-state index contributed by atoms with van der Waals surface area (Å²) in [5, 5.41) is -0.486. The van der Waals surface area contributed by atoms with Gasteiger partial charge in [-0.05, 0) is 25.3 Å². The van der Waals surface area contributed by atoms with Gasteiger partial charge < -0.3 is 4.74 Å². The number of thioether (sulfide) groups is 1. The minimum Gasteiger partial charge on any atom is -0.490 e. The second-order valence-electron chi connectivity index (χ2n) is 4.90. The standard InChI is InChI=1S/C14H14ClF7O2S2/c15-8-6-9(16)10(7-11(8)26(23)13(19)12(17)18)24-4-2-1-3-5-25-14(20,21)22/h6-7,12-13H,1-5H2. The lowest BCUT2D eigenvalue weighted by Crippen LogP contribution is -2.19. The van der Waals surface area contributed by atoms with E-state index in [1.54, 1.807) is 0 Å². The molecular weight excluding hydrogens is 433 g/mol. The summed E-state index contributed by atoms with van der Waals surface area (Å²) in [6, 6.07) is 1.45. The van der Waals surface area contributed by atoms with Crippen molar-refractivity contribution in [1.29, 1.82) is 0 Å². The van der Waals surface area contributed by atoms with Crippen molar-refractivity contribution in [1.82, 2.24) is 0 Å². The quantitative estimate of drug-likeness (QED) is 0.328. The highest BCUT2D eigenvalue weighted by Crippen LogP contribution is 2.32. The van der Waals surface area contributed by atoms with E-state index in [9.17, 15) is 34.9 Å². The van der Waals surface area contributed by atoms with E-state index in [2.05, 4.69) is 0 Å². The maximum absolute atomic E-state index is 13.7. The van der Waals surface area contributed by atoms with Crippen molar-refractivity contribution in [2.24, 2.45) is 0 Å². The Morgan fingerprint density at radius 3 is 2.38 bits per heavy atom. The van der Waals surface area contributed by atoms with Gasteiger partial charge in [-0.3, -0.25) is 4.21 Å². The average molecular weight is 447 g/mol. The van der Waals surface area contributed by atoms with Crippen LogP contribution in [0.3, 0.4) is 0 Å². The number of hydrogen-bond acceptors (Lipinski definition) is 3. The number of hydrogen-bond donors (Lipinski definition) is 0. The van der Waals surface area contributed by atoms with Crippen LogP contribution in [0.25, 0.3) is 0 Å². The highest BCUT2D eigenvalue weighted by atomic mass is 35.5. The Morgan fingerprint density at radius 2 is 1.81 bits per heavy atom. The van der Waals surface area contributed by atoms with Crippen molar-refractivity contribution in [2.45, 2.75) is 41.6 Å². The SMILES string of the molecule is O=S(c1cc(OCCCCCSC(F)(F)F)c(F)cc1Cl)C(F)C(F)F. The molecule has 0 N–H and O–H groups in total. The van der Waals surface area contributed by atoms with Crippen molar-refractivity contribution < 1.29 is 39.7 Å². The summed E-state index contributed by atoms with van der Waals surface area (Å²) in [5.74, 6) is -1.53. The first kappa shape index (κ1) is 23.4. The van der Waals surface area contributed by atoms with Crippen LogP contribution in [-0.4, -0.2) is 34.0 Å². The van der Waals surface area contributed by atoms with Crippen LogP contribution in [0.15, 0.2) is 17.0 Å². The first-order chi connectivity index (χ1) is 12.0. The molecule has 0 radical (unpaired) electrons. The fraction of sp³-hybridized carbons (Fsp3) is 0.571. The van der Waals surface area contributed by atoms with E-state index >= 15 is 0 Å². The summed E-state index contributed by atoms with van der Waals surface area (Å²) in [5.41, 5.74) is -7.28. The number of ether oxygens (including phenoxy) is 1. The van der Waals surface area contributed by atoms with Crippen LogP contribution in [-0.2, 0) is 10.8 Å². The van der Waals surface area contributed by atoms with Gasteiger partial charge in [-0.2, -0.15) is 13.2 Å². The van der Waals surface area contributed by atoms with Crippen LogP contribution < -0.4 is 4.74 Å². The van der Waals surface area contributed by atoms with Gasteiger partial charge in [-0.1, -0.05) is 23.4 Å². The zero-order chi connectivity index (χ0) is 19.9. The Balaban J connectivity index is 2.57. The molecule has 12 heteroatoms. The molecule has 0 aliphatic carbocycles. The molecule has 1 rings (SSSR count). The molecule has 0 saturated carbocycles. The van der Waals surface area contributed by atoms with E-state index in [1.165, 1.54) is 0 Å². The summed E-state index contributed by atoms with van der Waals surface area (Å²) in [7, 11) is -2.81. The van der Waals surface area contributed by atoms with Gasteiger partial charge in [0.15, 0.2) is 11.6 Å². The van der Waals surface area contributed by atoms with E-state index in [4.69, 9.17) is 16.3 Å². The molecule has 0 aliphatic rings. The number of alkyl halides is 6. The van der Waals surface area contributed by atoms with Crippen LogP contribution >= 0.6 is 23.4 Å². The summed E-state index contributed by atoms with van der Waals surface area (Å²) >= 11 is 5.46. The van der Waals surface area contributed by atoms with E-state index in [1.807, 2.05) is 0 Å². The van der Waals surface area contributed by atoms with Crippen LogP contribution in [0.4, 0.5) is 30.7 Å². The van der Waals surface area contributed by atoms with E-state index < -0.39 is 49.7 Å². The molecule has 1 aromatic carbocycles. The third-order valence-electron chi connectivity index (χ3n) is 2.92. The maximum atomic E-state index is 13.7. The number of halogens is 8. The third kappa shape index (κ3) is 7.91. The molecule has 2 unspecified atom stereocenters. The molecule has 1 aromatic rings. The molecule has 0 heterocycles. The van der Waals surface area contributed by atoms with Gasteiger partial charge in [0.2, 0.25) is 5.50 Å². The molecule has 150 valence electrons. The molecule has 0 fully saturated rings. The van der Waals surface area contributed by atoms with Crippen molar-refractivity contribution in [3.8, 4) is 5.75 Å². The summed E-state index contributed by atoms with van der Waals surface area (Å²) in [4.78, 5) is -0.530. The summed E-state index contributed by atoms with van der Waals surface area (Å²) in [6.45, 7) is -0.0742. The maximum Gasteiger partial charge on any atom is 0.441 e. The summed E-state index contributed by atoms with van der Waals surface area (Å²) in [6.07, 6.45) is -2.54. The molecule has 0 amide bonds. The Bertz CT molecular complexity index is 614. The second kappa shape index (κ2) is 10.6. The van der Waals surface area contributed by atoms with Gasteiger partial charge in [-0.15, -0.1) is 0 Å². The highest BCUT2D eigenvalue weighted by molar-refractivity contribution is 8.00. The minimum atomic E-state index is -4.29. The van der Waals surface area contributed by atoms with Crippen LogP contribution in [0.5, 0.6) is 5.75 Å². The second-order valence-corrected chi connectivity index (χ2v) is 7.95. The van der Waals surface area contributed by atoms with Gasteiger partial charge in [0.05, 0.1) is 27.3 Å². The largest absolute Gasteiger partial charge is 0.490 e.